The summed E-state index contributed by atoms with van der Waals surface area (Å²) in [6.07, 6.45) is -2.09. The van der Waals surface area contributed by atoms with Crippen LogP contribution < -0.4 is 0 Å². The zero-order chi connectivity index (χ0) is 10.7. The third-order valence-corrected chi connectivity index (χ3v) is 2.30. The molecule has 4 unspecified atom stereocenters. The molecule has 0 saturated carbocycles. The van der Waals surface area contributed by atoms with Crippen LogP contribution in [0.1, 0.15) is 13.3 Å². The second-order valence-electron chi connectivity index (χ2n) is 3.30. The first kappa shape index (κ1) is 11.8. The minimum absolute atomic E-state index is 0.150. The van der Waals surface area contributed by atoms with E-state index in [1.165, 1.54) is 0 Å². The molecule has 1 aliphatic heterocycles. The van der Waals surface area contributed by atoms with Crippen LogP contribution in [0, 0.1) is 0 Å². The van der Waals surface area contributed by atoms with Gasteiger partial charge in [0.05, 0.1) is 24.9 Å². The summed E-state index contributed by atoms with van der Waals surface area (Å²) < 4.78 is 10.1. The Kier molecular flexibility index (Phi) is 4.18. The summed E-state index contributed by atoms with van der Waals surface area (Å²) in [5, 5.41) is 17.7. The van der Waals surface area contributed by atoms with Crippen molar-refractivity contribution in [3.63, 3.8) is 0 Å². The monoisotopic (exact) mass is 222 g/mol. The molecular weight excluding hydrogens is 208 g/mol. The second-order valence-corrected chi connectivity index (χ2v) is 3.66. The lowest BCUT2D eigenvalue weighted by molar-refractivity contribution is -0.167. The number of aliphatic hydroxyl groups is 2. The van der Waals surface area contributed by atoms with Gasteiger partial charge in [-0.2, -0.15) is 0 Å². The lowest BCUT2D eigenvalue weighted by Crippen LogP contribution is -2.49. The number of hydrogen-bond donors (Lipinski definition) is 3. The molecule has 1 saturated heterocycles. The van der Waals surface area contributed by atoms with Crippen molar-refractivity contribution in [2.24, 2.45) is 0 Å². The average molecular weight is 222 g/mol. The fourth-order valence-corrected chi connectivity index (χ4v) is 1.68. The van der Waals surface area contributed by atoms with Crippen LogP contribution in [0.3, 0.4) is 0 Å². The van der Waals surface area contributed by atoms with Crippen LogP contribution in [-0.2, 0) is 9.47 Å². The third kappa shape index (κ3) is 2.84. The molecule has 1 fully saturated rings. The molecule has 6 heteroatoms. The van der Waals surface area contributed by atoms with Crippen LogP contribution >= 0.6 is 12.6 Å². The fourth-order valence-electron chi connectivity index (χ4n) is 1.56. The third-order valence-electron chi connectivity index (χ3n) is 2.19. The van der Waals surface area contributed by atoms with Gasteiger partial charge in [0.1, 0.15) is 0 Å². The van der Waals surface area contributed by atoms with E-state index in [9.17, 15) is 9.90 Å². The number of hydrogen-bond acceptors (Lipinski definition) is 5. The zero-order valence-corrected chi connectivity index (χ0v) is 8.68. The maximum atomic E-state index is 10.6. The molecule has 1 rings (SSSR count). The van der Waals surface area contributed by atoms with Crippen LogP contribution in [0.15, 0.2) is 0 Å². The fraction of sp³-hybridized carbons (Fsp3) is 0.875. The molecule has 0 spiro atoms. The highest BCUT2D eigenvalue weighted by molar-refractivity contribution is 7.96. The molecule has 82 valence electrons. The van der Waals surface area contributed by atoms with Gasteiger partial charge < -0.3 is 19.7 Å². The Labute approximate surface area is 87.4 Å². The van der Waals surface area contributed by atoms with Crippen LogP contribution in [0.25, 0.3) is 0 Å². The van der Waals surface area contributed by atoms with E-state index in [1.54, 1.807) is 6.92 Å². The van der Waals surface area contributed by atoms with E-state index < -0.39 is 29.7 Å². The van der Waals surface area contributed by atoms with Crippen molar-refractivity contribution in [3.8, 4) is 0 Å². The lowest BCUT2D eigenvalue weighted by Gasteiger charge is -2.36. The normalized spacial score (nSPS) is 38.0. The Balaban J connectivity index is 2.55. The van der Waals surface area contributed by atoms with Crippen molar-refractivity contribution in [3.05, 3.63) is 0 Å². The van der Waals surface area contributed by atoms with E-state index >= 15 is 0 Å². The number of aliphatic hydroxyl groups excluding tert-OH is 2. The largest absolute Gasteiger partial charge is 0.449 e. The number of carbonyl (C=O) groups excluding carboxylic acids is 1. The molecule has 4 atom stereocenters. The molecule has 0 amide bonds. The predicted octanol–water partition coefficient (Wildman–Crippen LogP) is -0.0480. The number of carbonyl (C=O) groups is 1. The Morgan fingerprint density at radius 1 is 1.71 bits per heavy atom. The highest BCUT2D eigenvalue weighted by Crippen LogP contribution is 2.22. The Bertz CT molecular complexity index is 198. The van der Waals surface area contributed by atoms with Gasteiger partial charge in [0, 0.05) is 6.42 Å². The molecule has 1 heterocycles. The molecule has 0 aromatic heterocycles. The van der Waals surface area contributed by atoms with Crippen molar-refractivity contribution in [2.45, 2.75) is 37.8 Å². The van der Waals surface area contributed by atoms with Crippen LogP contribution in [0.5, 0.6) is 0 Å². The summed E-state index contributed by atoms with van der Waals surface area (Å²) in [5.74, 6) is 0. The SMILES string of the molecule is CC1OC(CO)CC(O)C1OC(=O)S. The van der Waals surface area contributed by atoms with Gasteiger partial charge in [-0.15, -0.1) is 0 Å². The van der Waals surface area contributed by atoms with E-state index in [1.807, 2.05) is 0 Å². The Hall–Kier alpha value is -0.300. The van der Waals surface area contributed by atoms with Crippen molar-refractivity contribution in [2.75, 3.05) is 6.61 Å². The molecule has 0 aliphatic carbocycles. The number of rotatable bonds is 2. The number of thiol groups is 1. The molecule has 1 aliphatic rings. The maximum absolute atomic E-state index is 10.6. The Morgan fingerprint density at radius 3 is 2.79 bits per heavy atom. The molecular formula is C8H14O5S. The van der Waals surface area contributed by atoms with Gasteiger partial charge in [-0.25, -0.2) is 4.79 Å². The van der Waals surface area contributed by atoms with E-state index in [0.29, 0.717) is 0 Å². The highest BCUT2D eigenvalue weighted by atomic mass is 32.1. The predicted molar refractivity (Wildman–Crippen MR) is 51.3 cm³/mol. The van der Waals surface area contributed by atoms with E-state index in [0.717, 1.165) is 0 Å². The molecule has 0 radical (unpaired) electrons. The molecule has 0 aromatic carbocycles. The molecule has 5 nitrogen and oxygen atoms in total. The van der Waals surface area contributed by atoms with E-state index in [2.05, 4.69) is 12.6 Å². The topological polar surface area (TPSA) is 76.0 Å². The van der Waals surface area contributed by atoms with Crippen molar-refractivity contribution >= 4 is 17.9 Å². The minimum atomic E-state index is -0.813. The first-order valence-corrected chi connectivity index (χ1v) is 4.83. The van der Waals surface area contributed by atoms with Gasteiger partial charge in [0.25, 0.3) is 0 Å². The summed E-state index contributed by atoms with van der Waals surface area (Å²) in [4.78, 5) is 10.6. The van der Waals surface area contributed by atoms with Gasteiger partial charge in [-0.1, -0.05) is 12.6 Å². The van der Waals surface area contributed by atoms with Crippen LogP contribution in [-0.4, -0.2) is 46.5 Å². The number of ether oxygens (including phenoxy) is 2. The molecule has 0 bridgehead atoms. The van der Waals surface area contributed by atoms with E-state index in [4.69, 9.17) is 14.6 Å². The highest BCUT2D eigenvalue weighted by Gasteiger charge is 2.37. The maximum Gasteiger partial charge on any atom is 0.364 e. The molecule has 2 N–H and O–H groups in total. The summed E-state index contributed by atoms with van der Waals surface area (Å²) in [7, 11) is 0. The first-order chi connectivity index (χ1) is 6.54. The van der Waals surface area contributed by atoms with Crippen LogP contribution in [0.2, 0.25) is 0 Å². The Morgan fingerprint density at radius 2 is 2.36 bits per heavy atom. The minimum Gasteiger partial charge on any atom is -0.449 e. The summed E-state index contributed by atoms with van der Waals surface area (Å²) in [6.45, 7) is 1.52. The van der Waals surface area contributed by atoms with Gasteiger partial charge in [0.15, 0.2) is 6.10 Å². The van der Waals surface area contributed by atoms with Gasteiger partial charge in [0.2, 0.25) is 0 Å². The van der Waals surface area contributed by atoms with Gasteiger partial charge in [-0.05, 0) is 6.92 Å². The van der Waals surface area contributed by atoms with Crippen LogP contribution in [0.4, 0.5) is 4.79 Å². The standard InChI is InChI=1S/C8H14O5S/c1-4-7(13-8(11)14)6(10)2-5(3-9)12-4/h4-7,9-10H,2-3H2,1H3,(H,11,14). The first-order valence-electron chi connectivity index (χ1n) is 4.38. The summed E-state index contributed by atoms with van der Waals surface area (Å²) >= 11 is 3.46. The van der Waals surface area contributed by atoms with Crippen molar-refractivity contribution in [1.29, 1.82) is 0 Å². The molecule has 0 aromatic rings. The van der Waals surface area contributed by atoms with E-state index in [-0.39, 0.29) is 13.0 Å². The van der Waals surface area contributed by atoms with Gasteiger partial charge in [-0.3, -0.25) is 0 Å². The molecule has 14 heavy (non-hydrogen) atoms. The summed E-state index contributed by atoms with van der Waals surface area (Å²) in [5.41, 5.74) is 0. The van der Waals surface area contributed by atoms with Crippen molar-refractivity contribution in [1.82, 2.24) is 0 Å². The second kappa shape index (κ2) is 4.97. The zero-order valence-electron chi connectivity index (χ0n) is 7.79. The smallest absolute Gasteiger partial charge is 0.364 e. The average Bonchev–Trinajstić information content (AvgIpc) is 2.10. The van der Waals surface area contributed by atoms with Crippen molar-refractivity contribution < 1.29 is 24.5 Å². The quantitative estimate of drug-likeness (QED) is 0.451. The lowest BCUT2D eigenvalue weighted by atomic mass is 9.99. The summed E-state index contributed by atoms with van der Waals surface area (Å²) in [6, 6.07) is 0. The van der Waals surface area contributed by atoms with Gasteiger partial charge >= 0.3 is 5.30 Å².